The Hall–Kier alpha value is -1.55. The van der Waals surface area contributed by atoms with Gasteiger partial charge in [0.1, 0.15) is 0 Å². The van der Waals surface area contributed by atoms with Crippen LogP contribution in [0.2, 0.25) is 0 Å². The first-order valence-electron chi connectivity index (χ1n) is 5.96. The molecule has 1 atom stereocenters. The van der Waals surface area contributed by atoms with Crippen molar-refractivity contribution in [1.29, 1.82) is 0 Å². The number of anilines is 1. The van der Waals surface area contributed by atoms with Crippen LogP contribution < -0.4 is 5.32 Å². The van der Waals surface area contributed by atoms with E-state index in [1.54, 1.807) is 4.90 Å². The summed E-state index contributed by atoms with van der Waals surface area (Å²) in [6.07, 6.45) is 1.85. The van der Waals surface area contributed by atoms with Gasteiger partial charge >= 0.3 is 6.03 Å². The number of hydrogen-bond acceptors (Lipinski definition) is 2. The first kappa shape index (κ1) is 11.9. The summed E-state index contributed by atoms with van der Waals surface area (Å²) in [4.78, 5) is 13.7. The monoisotopic (exact) mass is 234 g/mol. The van der Waals surface area contributed by atoms with Crippen molar-refractivity contribution in [3.63, 3.8) is 0 Å². The van der Waals surface area contributed by atoms with Gasteiger partial charge in [0, 0.05) is 12.2 Å². The van der Waals surface area contributed by atoms with Crippen molar-refractivity contribution >= 4 is 11.7 Å². The molecule has 1 saturated heterocycles. The van der Waals surface area contributed by atoms with E-state index in [0.29, 0.717) is 0 Å². The van der Waals surface area contributed by atoms with Crippen LogP contribution in [0.3, 0.4) is 0 Å². The summed E-state index contributed by atoms with van der Waals surface area (Å²) >= 11 is 0. The highest BCUT2D eigenvalue weighted by Gasteiger charge is 2.27. The maximum Gasteiger partial charge on any atom is 0.322 e. The molecular formula is C13H18N2O2. The molecular weight excluding hydrogens is 216 g/mol. The summed E-state index contributed by atoms with van der Waals surface area (Å²) in [5.41, 5.74) is 1.96. The molecule has 2 N–H and O–H groups in total. The number of aryl methyl sites for hydroxylation is 1. The number of aliphatic hydroxyl groups is 1. The molecule has 17 heavy (non-hydrogen) atoms. The van der Waals surface area contributed by atoms with Gasteiger partial charge < -0.3 is 15.3 Å². The number of hydrogen-bond donors (Lipinski definition) is 2. The van der Waals surface area contributed by atoms with Crippen molar-refractivity contribution in [1.82, 2.24) is 4.90 Å². The second kappa shape index (κ2) is 5.19. The van der Waals surface area contributed by atoms with Crippen LogP contribution in [0.4, 0.5) is 10.5 Å². The smallest absolute Gasteiger partial charge is 0.322 e. The van der Waals surface area contributed by atoms with Crippen molar-refractivity contribution in [3.05, 3.63) is 29.8 Å². The van der Waals surface area contributed by atoms with E-state index in [-0.39, 0.29) is 18.7 Å². The fraction of sp³-hybridized carbons (Fsp3) is 0.462. The van der Waals surface area contributed by atoms with Crippen molar-refractivity contribution in [2.24, 2.45) is 0 Å². The molecule has 1 aliphatic rings. The lowest BCUT2D eigenvalue weighted by Crippen LogP contribution is -2.40. The molecule has 4 heteroatoms. The second-order valence-electron chi connectivity index (χ2n) is 4.47. The second-order valence-corrected chi connectivity index (χ2v) is 4.47. The summed E-state index contributed by atoms with van der Waals surface area (Å²) < 4.78 is 0. The number of carbonyl (C=O) groups is 1. The number of nitrogens with one attached hydrogen (secondary N) is 1. The minimum Gasteiger partial charge on any atom is -0.394 e. The number of amides is 2. The normalized spacial score (nSPS) is 19.4. The highest BCUT2D eigenvalue weighted by Crippen LogP contribution is 2.18. The number of likely N-dealkylation sites (tertiary alicyclic amines) is 1. The van der Waals surface area contributed by atoms with Gasteiger partial charge in [0.05, 0.1) is 12.6 Å². The largest absolute Gasteiger partial charge is 0.394 e. The Bertz CT molecular complexity index is 389. The Labute approximate surface area is 101 Å². The van der Waals surface area contributed by atoms with Crippen molar-refractivity contribution in [2.75, 3.05) is 18.5 Å². The number of carbonyl (C=O) groups excluding carboxylic acids is 1. The molecule has 0 unspecified atom stereocenters. The van der Waals surface area contributed by atoms with Crippen LogP contribution in [0.25, 0.3) is 0 Å². The Balaban J connectivity index is 1.99. The number of rotatable bonds is 2. The molecule has 1 aliphatic heterocycles. The van der Waals surface area contributed by atoms with Crippen LogP contribution in [0.15, 0.2) is 24.3 Å². The lowest BCUT2D eigenvalue weighted by Gasteiger charge is -2.23. The lowest BCUT2D eigenvalue weighted by atomic mass is 10.2. The summed E-state index contributed by atoms with van der Waals surface area (Å²) in [6.45, 7) is 2.78. The van der Waals surface area contributed by atoms with Gasteiger partial charge in [-0.15, -0.1) is 0 Å². The van der Waals surface area contributed by atoms with Crippen LogP contribution in [-0.4, -0.2) is 35.2 Å². The fourth-order valence-electron chi connectivity index (χ4n) is 2.13. The van der Waals surface area contributed by atoms with Crippen molar-refractivity contribution in [2.45, 2.75) is 25.8 Å². The zero-order chi connectivity index (χ0) is 12.3. The number of benzene rings is 1. The summed E-state index contributed by atoms with van der Waals surface area (Å²) in [6, 6.07) is 7.55. The Morgan fingerprint density at radius 2 is 2.18 bits per heavy atom. The van der Waals surface area contributed by atoms with E-state index in [1.807, 2.05) is 31.2 Å². The molecule has 2 amide bonds. The summed E-state index contributed by atoms with van der Waals surface area (Å²) in [5, 5.41) is 12.0. The van der Waals surface area contributed by atoms with E-state index >= 15 is 0 Å². The van der Waals surface area contributed by atoms with E-state index in [4.69, 9.17) is 5.11 Å². The maximum atomic E-state index is 12.0. The zero-order valence-corrected chi connectivity index (χ0v) is 10.0. The molecule has 0 radical (unpaired) electrons. The molecule has 1 heterocycles. The van der Waals surface area contributed by atoms with Gasteiger partial charge in [-0.05, 0) is 31.9 Å². The number of nitrogens with zero attached hydrogens (tertiary/aromatic N) is 1. The van der Waals surface area contributed by atoms with Crippen LogP contribution in [0, 0.1) is 6.92 Å². The van der Waals surface area contributed by atoms with Crippen molar-refractivity contribution < 1.29 is 9.90 Å². The average molecular weight is 234 g/mol. The van der Waals surface area contributed by atoms with E-state index in [2.05, 4.69) is 5.32 Å². The predicted octanol–water partition coefficient (Wildman–Crippen LogP) is 1.98. The molecule has 0 saturated carbocycles. The predicted molar refractivity (Wildman–Crippen MR) is 67.0 cm³/mol. The van der Waals surface area contributed by atoms with Crippen LogP contribution >= 0.6 is 0 Å². The van der Waals surface area contributed by atoms with Gasteiger partial charge in [-0.2, -0.15) is 0 Å². The molecule has 0 bridgehead atoms. The van der Waals surface area contributed by atoms with Gasteiger partial charge in [-0.3, -0.25) is 0 Å². The third-order valence-electron chi connectivity index (χ3n) is 3.15. The zero-order valence-electron chi connectivity index (χ0n) is 10.0. The van der Waals surface area contributed by atoms with Gasteiger partial charge in [0.25, 0.3) is 0 Å². The van der Waals surface area contributed by atoms with E-state index in [1.165, 1.54) is 0 Å². The van der Waals surface area contributed by atoms with E-state index in [0.717, 1.165) is 30.6 Å². The lowest BCUT2D eigenvalue weighted by molar-refractivity contribution is 0.166. The molecule has 0 aromatic heterocycles. The Kier molecular flexibility index (Phi) is 3.64. The van der Waals surface area contributed by atoms with E-state index in [9.17, 15) is 4.79 Å². The third kappa shape index (κ3) is 2.77. The van der Waals surface area contributed by atoms with E-state index < -0.39 is 0 Å². The highest BCUT2D eigenvalue weighted by molar-refractivity contribution is 5.89. The van der Waals surface area contributed by atoms with Gasteiger partial charge in [-0.25, -0.2) is 4.79 Å². The minimum atomic E-state index is -0.120. The molecule has 92 valence electrons. The SMILES string of the molecule is Cc1ccc(NC(=O)N2CCC[C@H]2CO)cc1. The molecule has 2 rings (SSSR count). The standard InChI is InChI=1S/C13H18N2O2/c1-10-4-6-11(7-5-10)14-13(17)15-8-2-3-12(15)9-16/h4-7,12,16H,2-3,8-9H2,1H3,(H,14,17)/t12-/m0/s1. The van der Waals surface area contributed by atoms with Gasteiger partial charge in [-0.1, -0.05) is 17.7 Å². The topological polar surface area (TPSA) is 52.6 Å². The molecule has 1 aromatic rings. The molecule has 1 fully saturated rings. The van der Waals surface area contributed by atoms with Crippen LogP contribution in [0.1, 0.15) is 18.4 Å². The van der Waals surface area contributed by atoms with Crippen LogP contribution in [-0.2, 0) is 0 Å². The molecule has 0 aliphatic carbocycles. The van der Waals surface area contributed by atoms with Crippen LogP contribution in [0.5, 0.6) is 0 Å². The highest BCUT2D eigenvalue weighted by atomic mass is 16.3. The molecule has 4 nitrogen and oxygen atoms in total. The molecule has 1 aromatic carbocycles. The summed E-state index contributed by atoms with van der Waals surface area (Å²) in [7, 11) is 0. The average Bonchev–Trinajstić information content (AvgIpc) is 2.80. The minimum absolute atomic E-state index is 0.0274. The Morgan fingerprint density at radius 3 is 2.82 bits per heavy atom. The fourth-order valence-corrected chi connectivity index (χ4v) is 2.13. The Morgan fingerprint density at radius 1 is 1.47 bits per heavy atom. The first-order valence-corrected chi connectivity index (χ1v) is 5.96. The number of aliphatic hydroxyl groups excluding tert-OH is 1. The molecule has 0 spiro atoms. The number of urea groups is 1. The third-order valence-corrected chi connectivity index (χ3v) is 3.15. The summed E-state index contributed by atoms with van der Waals surface area (Å²) in [5.74, 6) is 0. The van der Waals surface area contributed by atoms with Gasteiger partial charge in [0.2, 0.25) is 0 Å². The first-order chi connectivity index (χ1) is 8.20. The quantitative estimate of drug-likeness (QED) is 0.822. The van der Waals surface area contributed by atoms with Crippen molar-refractivity contribution in [3.8, 4) is 0 Å². The maximum absolute atomic E-state index is 12.0. The van der Waals surface area contributed by atoms with Gasteiger partial charge in [0.15, 0.2) is 0 Å².